The van der Waals surface area contributed by atoms with E-state index >= 15 is 0 Å². The summed E-state index contributed by atoms with van der Waals surface area (Å²) in [5.74, 6) is -1.33. The first-order chi connectivity index (χ1) is 18.8. The third-order valence-corrected chi connectivity index (χ3v) is 6.88. The number of carbonyl (C=O) groups is 1. The standard InChI is InChI=1S/C28H27F6N3O3/c1-18-15-21(7-8-22(18)20-5-3-2-4-6-20)24(26(39,27(29,30)31)28(32,33)34)40-25(38)23-16-36-13-14-37(23)17-19-9-11-35-12-10-19/h2-12,15,23-24,36,39H,13-14,16-17H2,1H3. The lowest BCUT2D eigenvalue weighted by atomic mass is 9.87. The molecule has 1 aromatic heterocycles. The minimum Gasteiger partial charge on any atom is -0.452 e. The van der Waals surface area contributed by atoms with Crippen molar-refractivity contribution in [3.8, 4) is 11.1 Å². The summed E-state index contributed by atoms with van der Waals surface area (Å²) in [6.45, 7) is 2.34. The van der Waals surface area contributed by atoms with Crippen molar-refractivity contribution < 1.29 is 41.0 Å². The molecule has 1 saturated heterocycles. The summed E-state index contributed by atoms with van der Waals surface area (Å²) >= 11 is 0. The van der Waals surface area contributed by atoms with E-state index in [1.165, 1.54) is 25.4 Å². The summed E-state index contributed by atoms with van der Waals surface area (Å²) in [5.41, 5.74) is -3.71. The molecule has 40 heavy (non-hydrogen) atoms. The Morgan fingerprint density at radius 3 is 2.30 bits per heavy atom. The number of nitrogens with one attached hydrogen (secondary N) is 1. The first-order valence-electron chi connectivity index (χ1n) is 12.4. The molecule has 0 radical (unpaired) electrons. The number of aromatic nitrogens is 1. The number of pyridine rings is 1. The second-order valence-electron chi connectivity index (χ2n) is 9.57. The maximum atomic E-state index is 14.0. The number of hydrogen-bond donors (Lipinski definition) is 2. The molecule has 12 heteroatoms. The molecule has 2 unspecified atom stereocenters. The van der Waals surface area contributed by atoms with Gasteiger partial charge >= 0.3 is 18.3 Å². The monoisotopic (exact) mass is 567 g/mol. The van der Waals surface area contributed by atoms with Crippen LogP contribution in [0.3, 0.4) is 0 Å². The van der Waals surface area contributed by atoms with Crippen molar-refractivity contribution in [2.24, 2.45) is 0 Å². The molecule has 0 saturated carbocycles. The summed E-state index contributed by atoms with van der Waals surface area (Å²) in [7, 11) is 0. The summed E-state index contributed by atoms with van der Waals surface area (Å²) in [4.78, 5) is 18.8. The number of nitrogens with zero attached hydrogens (tertiary/aromatic N) is 2. The second-order valence-corrected chi connectivity index (χ2v) is 9.57. The minimum atomic E-state index is -6.22. The van der Waals surface area contributed by atoms with E-state index in [0.717, 1.165) is 17.7 Å². The lowest BCUT2D eigenvalue weighted by molar-refractivity contribution is -0.393. The first-order valence-corrected chi connectivity index (χ1v) is 12.4. The predicted molar refractivity (Wildman–Crippen MR) is 134 cm³/mol. The predicted octanol–water partition coefficient (Wildman–Crippen LogP) is 4.97. The molecule has 6 nitrogen and oxygen atoms in total. The summed E-state index contributed by atoms with van der Waals surface area (Å²) < 4.78 is 89.3. The van der Waals surface area contributed by atoms with Gasteiger partial charge in [-0.2, -0.15) is 26.3 Å². The maximum absolute atomic E-state index is 14.0. The number of carbonyl (C=O) groups excluding carboxylic acids is 1. The number of alkyl halides is 6. The Labute approximate surface area is 226 Å². The highest BCUT2D eigenvalue weighted by Gasteiger charge is 2.76. The Morgan fingerprint density at radius 1 is 1.05 bits per heavy atom. The zero-order valence-electron chi connectivity index (χ0n) is 21.3. The van der Waals surface area contributed by atoms with Gasteiger partial charge < -0.3 is 15.2 Å². The van der Waals surface area contributed by atoms with Gasteiger partial charge in [-0.05, 0) is 46.9 Å². The molecule has 2 heterocycles. The van der Waals surface area contributed by atoms with Crippen molar-refractivity contribution in [1.29, 1.82) is 0 Å². The van der Waals surface area contributed by atoms with Crippen LogP contribution in [-0.4, -0.2) is 64.6 Å². The van der Waals surface area contributed by atoms with Crippen LogP contribution < -0.4 is 5.32 Å². The van der Waals surface area contributed by atoms with E-state index in [1.807, 2.05) is 0 Å². The van der Waals surface area contributed by atoms with Gasteiger partial charge in [0.15, 0.2) is 6.10 Å². The lowest BCUT2D eigenvalue weighted by Crippen LogP contribution is -2.62. The minimum absolute atomic E-state index is 0.0704. The van der Waals surface area contributed by atoms with Gasteiger partial charge in [0.2, 0.25) is 0 Å². The SMILES string of the molecule is Cc1cc(C(OC(=O)C2CNCCN2Cc2ccncc2)C(O)(C(F)(F)F)C(F)(F)F)ccc1-c1ccccc1. The van der Waals surface area contributed by atoms with Crippen LogP contribution in [0.4, 0.5) is 26.3 Å². The molecule has 2 aromatic carbocycles. The molecular weight excluding hydrogens is 540 g/mol. The maximum Gasteiger partial charge on any atom is 0.430 e. The highest BCUT2D eigenvalue weighted by Crippen LogP contribution is 2.52. The number of esters is 1. The summed E-state index contributed by atoms with van der Waals surface area (Å²) in [6, 6.07) is 14.2. The van der Waals surface area contributed by atoms with Crippen molar-refractivity contribution in [1.82, 2.24) is 15.2 Å². The Bertz CT molecular complexity index is 1290. The van der Waals surface area contributed by atoms with Gasteiger partial charge in [0, 0.05) is 38.6 Å². The summed E-state index contributed by atoms with van der Waals surface area (Å²) in [5, 5.41) is 13.3. The van der Waals surface area contributed by atoms with Crippen molar-refractivity contribution in [3.63, 3.8) is 0 Å². The fraction of sp³-hybridized carbons (Fsp3) is 0.357. The van der Waals surface area contributed by atoms with Crippen LogP contribution in [0.1, 0.15) is 22.8 Å². The third kappa shape index (κ3) is 5.98. The molecule has 0 amide bonds. The number of hydrogen-bond acceptors (Lipinski definition) is 6. The van der Waals surface area contributed by atoms with Crippen LogP contribution in [0, 0.1) is 6.92 Å². The number of halogens is 6. The lowest BCUT2D eigenvalue weighted by Gasteiger charge is -2.40. The number of piperazine rings is 1. The van der Waals surface area contributed by atoms with E-state index in [4.69, 9.17) is 4.74 Å². The molecule has 0 spiro atoms. The van der Waals surface area contributed by atoms with Gasteiger partial charge in [-0.25, -0.2) is 0 Å². The normalized spacial score (nSPS) is 17.9. The Kier molecular flexibility index (Phi) is 8.52. The number of rotatable bonds is 7. The van der Waals surface area contributed by atoms with E-state index in [9.17, 15) is 36.2 Å². The molecule has 1 aliphatic rings. The van der Waals surface area contributed by atoms with Gasteiger partial charge in [-0.15, -0.1) is 0 Å². The molecular formula is C28H27F6N3O3. The highest BCUT2D eigenvalue weighted by atomic mass is 19.4. The molecule has 1 fully saturated rings. The first kappa shape index (κ1) is 29.5. The molecule has 1 aliphatic heterocycles. The van der Waals surface area contributed by atoms with Crippen LogP contribution in [-0.2, 0) is 16.1 Å². The van der Waals surface area contributed by atoms with Crippen LogP contribution in [0.2, 0.25) is 0 Å². The average Bonchev–Trinajstić information content (AvgIpc) is 2.91. The molecule has 3 aromatic rings. The van der Waals surface area contributed by atoms with Crippen molar-refractivity contribution >= 4 is 5.97 Å². The van der Waals surface area contributed by atoms with Crippen LogP contribution in [0.5, 0.6) is 0 Å². The number of ether oxygens (including phenoxy) is 1. The number of aryl methyl sites for hydroxylation is 1. The second kappa shape index (κ2) is 11.6. The van der Waals surface area contributed by atoms with Gasteiger partial charge in [0.1, 0.15) is 6.04 Å². The quantitative estimate of drug-likeness (QED) is 0.310. The fourth-order valence-electron chi connectivity index (χ4n) is 4.73. The summed E-state index contributed by atoms with van der Waals surface area (Å²) in [6.07, 6.45) is -12.5. The fourth-order valence-corrected chi connectivity index (χ4v) is 4.73. The molecule has 0 aliphatic carbocycles. The largest absolute Gasteiger partial charge is 0.452 e. The van der Waals surface area contributed by atoms with E-state index in [1.54, 1.807) is 47.4 Å². The Morgan fingerprint density at radius 2 is 1.70 bits per heavy atom. The zero-order valence-corrected chi connectivity index (χ0v) is 21.3. The Balaban J connectivity index is 1.73. The van der Waals surface area contributed by atoms with E-state index < -0.39 is 41.6 Å². The van der Waals surface area contributed by atoms with Gasteiger partial charge in [-0.3, -0.25) is 14.7 Å². The van der Waals surface area contributed by atoms with Crippen molar-refractivity contribution in [2.45, 2.75) is 43.6 Å². The van der Waals surface area contributed by atoms with Crippen molar-refractivity contribution in [3.05, 3.63) is 89.7 Å². The Hall–Kier alpha value is -3.48. The van der Waals surface area contributed by atoms with E-state index in [-0.39, 0.29) is 19.6 Å². The molecule has 2 atom stereocenters. The molecule has 2 N–H and O–H groups in total. The molecule has 0 bridgehead atoms. The van der Waals surface area contributed by atoms with E-state index in [2.05, 4.69) is 10.3 Å². The van der Waals surface area contributed by atoms with Crippen LogP contribution in [0.15, 0.2) is 73.1 Å². The molecule has 4 rings (SSSR count). The number of benzene rings is 2. The molecule has 214 valence electrons. The van der Waals surface area contributed by atoms with Crippen LogP contribution >= 0.6 is 0 Å². The highest BCUT2D eigenvalue weighted by molar-refractivity contribution is 5.77. The van der Waals surface area contributed by atoms with E-state index in [0.29, 0.717) is 23.2 Å². The van der Waals surface area contributed by atoms with Crippen molar-refractivity contribution in [2.75, 3.05) is 19.6 Å². The zero-order chi connectivity index (χ0) is 29.1. The van der Waals surface area contributed by atoms with Gasteiger partial charge in [0.25, 0.3) is 5.60 Å². The number of aliphatic hydroxyl groups is 1. The van der Waals surface area contributed by atoms with Crippen LogP contribution in [0.25, 0.3) is 11.1 Å². The average molecular weight is 568 g/mol. The van der Waals surface area contributed by atoms with Gasteiger partial charge in [-0.1, -0.05) is 48.5 Å². The third-order valence-electron chi connectivity index (χ3n) is 6.88. The smallest absolute Gasteiger partial charge is 0.430 e. The van der Waals surface area contributed by atoms with Gasteiger partial charge in [0.05, 0.1) is 0 Å². The topological polar surface area (TPSA) is 74.7 Å².